The molecule has 2 rings (SSSR count). The molecule has 22 nitrogen and oxygen atoms in total. The number of para-hydroxylation sites is 2. The molecule has 32 heteroatoms. The van der Waals surface area contributed by atoms with Gasteiger partial charge in [-0.3, -0.25) is 16.7 Å². The molecule has 1 aliphatic rings. The van der Waals surface area contributed by atoms with E-state index in [2.05, 4.69) is 20.9 Å². The molecule has 1 aromatic carbocycles. The van der Waals surface area contributed by atoms with E-state index in [-0.39, 0.29) is 148 Å². The van der Waals surface area contributed by atoms with Crippen LogP contribution in [0, 0.1) is 0 Å². The molecule has 0 unspecified atom stereocenters. The normalized spacial score (nSPS) is 22.3. The first kappa shape index (κ1) is 54.0. The van der Waals surface area contributed by atoms with E-state index in [9.17, 15) is 64.9 Å². The van der Waals surface area contributed by atoms with Crippen molar-refractivity contribution in [2.24, 2.45) is 0 Å². The zero-order chi connectivity index (χ0) is 30.0. The van der Waals surface area contributed by atoms with Crippen LogP contribution in [0.15, 0.2) is 24.3 Å². The van der Waals surface area contributed by atoms with Crippen LogP contribution in [-0.2, 0) is 73.5 Å². The van der Waals surface area contributed by atoms with Crippen molar-refractivity contribution in [3.63, 3.8) is 0 Å². The van der Waals surface area contributed by atoms with Crippen molar-refractivity contribution in [1.29, 1.82) is 0 Å². The third kappa shape index (κ3) is 21.4. The SMILES string of the molecule is O=S(=O)([O-])OC[C@H]1O[C@@H](Oc2ccccc2OS(=O)(=O)[O-])[C@H](OS(=O)(=O)[O-])[C@@H](OS(=O)(=O)[O-])[C@@H]1OS(=O)(=O)[O-].[Na+].[Na+].[Na+].[Na+].[Na+]. The first-order valence-corrected chi connectivity index (χ1v) is 15.7. The van der Waals surface area contributed by atoms with Crippen molar-refractivity contribution in [1.82, 2.24) is 0 Å². The zero-order valence-corrected chi connectivity index (χ0v) is 37.0. The van der Waals surface area contributed by atoms with Gasteiger partial charge in [0, 0.05) is 0 Å². The Morgan fingerprint density at radius 1 is 0.568 bits per heavy atom. The van der Waals surface area contributed by atoms with Crippen molar-refractivity contribution in [2.45, 2.75) is 30.7 Å². The minimum Gasteiger partial charge on any atom is -0.726 e. The van der Waals surface area contributed by atoms with E-state index in [4.69, 9.17) is 9.47 Å². The van der Waals surface area contributed by atoms with Gasteiger partial charge >= 0.3 is 148 Å². The summed E-state index contributed by atoms with van der Waals surface area (Å²) in [6.07, 6.45) is -14.1. The van der Waals surface area contributed by atoms with Crippen LogP contribution in [0.25, 0.3) is 0 Å². The van der Waals surface area contributed by atoms with Gasteiger partial charge in [0.1, 0.15) is 18.3 Å². The van der Waals surface area contributed by atoms with Gasteiger partial charge in [0.05, 0.1) is 6.61 Å². The molecule has 1 aromatic rings. The summed E-state index contributed by atoms with van der Waals surface area (Å²) in [5.74, 6) is -1.86. The third-order valence-electron chi connectivity index (χ3n) is 3.94. The smallest absolute Gasteiger partial charge is 0.726 e. The van der Waals surface area contributed by atoms with Crippen LogP contribution in [0.3, 0.4) is 0 Å². The van der Waals surface area contributed by atoms with Crippen LogP contribution in [-0.4, -0.2) is 102 Å². The Morgan fingerprint density at radius 3 is 1.39 bits per heavy atom. The van der Waals surface area contributed by atoms with Crippen LogP contribution in [0.2, 0.25) is 0 Å². The fourth-order valence-electron chi connectivity index (χ4n) is 2.85. The van der Waals surface area contributed by atoms with Crippen molar-refractivity contribution in [3.05, 3.63) is 24.3 Å². The van der Waals surface area contributed by atoms with Crippen LogP contribution in [0.5, 0.6) is 11.5 Å². The van der Waals surface area contributed by atoms with Crippen LogP contribution in [0.4, 0.5) is 0 Å². The van der Waals surface area contributed by atoms with Gasteiger partial charge in [-0.2, -0.15) is 0 Å². The largest absolute Gasteiger partial charge is 1.00 e. The van der Waals surface area contributed by atoms with Gasteiger partial charge < -0.3 is 36.4 Å². The Kier molecular flexibility index (Phi) is 26.4. The molecular formula is C12H11Na5O22S5. The summed E-state index contributed by atoms with van der Waals surface area (Å²) in [6.45, 7) is -1.67. The molecule has 0 amide bonds. The standard InChI is InChI=1S/C12H16O22S5.5Na/c13-35(14,15)28-5-8-9(32-37(19,20)21)10(33-38(22,23)24)11(34-39(25,26)27)12(30-8)29-6-3-1-2-4-7(6)31-36(16,17)18;;;;;/h1-4,8-12H,5H2,(H,13,14,15)(H,16,17,18)(H,19,20,21)(H,22,23,24)(H,25,26,27);;;;;/q;5*+1/p-5/t8-,9-,10+,11-,12-;;;;;/m1...../s1. The first-order chi connectivity index (χ1) is 17.4. The Morgan fingerprint density at radius 2 is 0.977 bits per heavy atom. The van der Waals surface area contributed by atoms with E-state index in [1.807, 2.05) is 0 Å². The second-order valence-corrected chi connectivity index (χ2v) is 11.8. The van der Waals surface area contributed by atoms with Crippen LogP contribution in [0.1, 0.15) is 0 Å². The molecule has 0 spiro atoms. The summed E-state index contributed by atoms with van der Waals surface area (Å²) >= 11 is 0. The quantitative estimate of drug-likeness (QED) is 0.102. The van der Waals surface area contributed by atoms with Crippen LogP contribution >= 0.6 is 0 Å². The van der Waals surface area contributed by atoms with Crippen molar-refractivity contribution in [3.8, 4) is 11.5 Å². The number of hydrogen-bond donors (Lipinski definition) is 0. The van der Waals surface area contributed by atoms with Crippen molar-refractivity contribution in [2.75, 3.05) is 6.61 Å². The number of rotatable bonds is 13. The Labute approximate surface area is 362 Å². The van der Waals surface area contributed by atoms with E-state index in [0.717, 1.165) is 24.3 Å². The maximum Gasteiger partial charge on any atom is 1.00 e. The summed E-state index contributed by atoms with van der Waals surface area (Å²) in [6, 6.07) is 3.65. The molecule has 0 radical (unpaired) electrons. The molecule has 0 N–H and O–H groups in total. The third-order valence-corrected chi connectivity index (χ3v) is 6.12. The Balaban J connectivity index is -0.00000160. The topological polar surface area (TPSA) is 351 Å². The molecule has 1 fully saturated rings. The fraction of sp³-hybridized carbons (Fsp3) is 0.500. The second kappa shape index (κ2) is 21.5. The molecule has 1 saturated heterocycles. The van der Waals surface area contributed by atoms with E-state index in [0.29, 0.717) is 0 Å². The molecule has 5 atom stereocenters. The van der Waals surface area contributed by atoms with E-state index >= 15 is 0 Å². The van der Waals surface area contributed by atoms with E-state index in [1.165, 1.54) is 0 Å². The van der Waals surface area contributed by atoms with Gasteiger partial charge in [-0.25, -0.2) is 42.1 Å². The molecular weight excluding hydrogens is 771 g/mol. The second-order valence-electron chi connectivity index (χ2n) is 6.70. The van der Waals surface area contributed by atoms with E-state index in [1.54, 1.807) is 0 Å². The summed E-state index contributed by atoms with van der Waals surface area (Å²) in [4.78, 5) is 0. The average molecular weight is 782 g/mol. The van der Waals surface area contributed by atoms with E-state index < -0.39 is 101 Å². The first-order valence-electron chi connectivity index (χ1n) is 9.01. The fourth-order valence-corrected chi connectivity index (χ4v) is 4.97. The van der Waals surface area contributed by atoms with Crippen LogP contribution < -0.4 is 157 Å². The average Bonchev–Trinajstić information content (AvgIpc) is 2.68. The van der Waals surface area contributed by atoms with Crippen molar-refractivity contribution >= 4 is 52.0 Å². The molecule has 1 aliphatic heterocycles. The zero-order valence-electron chi connectivity index (χ0n) is 22.9. The molecule has 44 heavy (non-hydrogen) atoms. The summed E-state index contributed by atoms with van der Waals surface area (Å²) in [7, 11) is -29.3. The predicted octanol–water partition coefficient (Wildman–Crippen LogP) is -19.3. The number of hydrogen-bond acceptors (Lipinski definition) is 22. The molecule has 1 heterocycles. The predicted molar refractivity (Wildman–Crippen MR) is 105 cm³/mol. The summed E-state index contributed by atoms with van der Waals surface area (Å²) in [5, 5.41) is 0. The summed E-state index contributed by atoms with van der Waals surface area (Å²) < 4.78 is 197. The maximum absolute atomic E-state index is 11.3. The Bertz CT molecular complexity index is 1580. The number of ether oxygens (including phenoxy) is 2. The molecule has 0 aliphatic carbocycles. The van der Waals surface area contributed by atoms with Gasteiger partial charge in [-0.15, -0.1) is 0 Å². The van der Waals surface area contributed by atoms with Gasteiger partial charge in [0.15, 0.2) is 17.6 Å². The summed E-state index contributed by atoms with van der Waals surface area (Å²) in [5.41, 5.74) is 0. The van der Waals surface area contributed by atoms with Crippen molar-refractivity contribution < 1.29 is 243 Å². The van der Waals surface area contributed by atoms with Gasteiger partial charge in [-0.05, 0) is 12.1 Å². The number of benzene rings is 1. The minimum atomic E-state index is -6.08. The molecule has 0 saturated carbocycles. The van der Waals surface area contributed by atoms with Gasteiger partial charge in [0.25, 0.3) is 10.4 Å². The maximum atomic E-state index is 11.3. The molecule has 0 aromatic heterocycles. The van der Waals surface area contributed by atoms with Gasteiger partial charge in [0.2, 0.25) is 47.9 Å². The molecule has 226 valence electrons. The minimum absolute atomic E-state index is 0. The Hall–Kier alpha value is 3.17. The molecule has 0 bridgehead atoms. The monoisotopic (exact) mass is 782 g/mol. The van der Waals surface area contributed by atoms with Gasteiger partial charge in [-0.1, -0.05) is 12.1 Å².